The summed E-state index contributed by atoms with van der Waals surface area (Å²) in [4.78, 5) is 10.8. The van der Waals surface area contributed by atoms with Crippen molar-refractivity contribution in [3.63, 3.8) is 0 Å². The van der Waals surface area contributed by atoms with E-state index in [0.29, 0.717) is 23.0 Å². The fraction of sp³-hybridized carbons (Fsp3) is 0.417. The van der Waals surface area contributed by atoms with Gasteiger partial charge >= 0.3 is 0 Å². The lowest BCUT2D eigenvalue weighted by Crippen LogP contribution is -2.15. The maximum atomic E-state index is 11.1. The minimum atomic E-state index is -0.374. The number of nitro benzene ring substituents is 1. The second-order valence-electron chi connectivity index (χ2n) is 8.10. The van der Waals surface area contributed by atoms with E-state index in [0.717, 1.165) is 47.8 Å². The van der Waals surface area contributed by atoms with Gasteiger partial charge in [-0.25, -0.2) is 0 Å². The van der Waals surface area contributed by atoms with Crippen LogP contribution >= 0.6 is 11.8 Å². The second-order valence-corrected chi connectivity index (χ2v) is 9.04. The van der Waals surface area contributed by atoms with Gasteiger partial charge in [0.25, 0.3) is 5.69 Å². The highest BCUT2D eigenvalue weighted by Gasteiger charge is 2.26. The normalized spacial score (nSPS) is 14.1. The van der Waals surface area contributed by atoms with Gasteiger partial charge in [-0.05, 0) is 30.5 Å². The van der Waals surface area contributed by atoms with Gasteiger partial charge in [0.1, 0.15) is 0 Å². The number of nitrogens with zero attached hydrogens (tertiary/aromatic N) is 4. The summed E-state index contributed by atoms with van der Waals surface area (Å²) in [7, 11) is 4.76. The van der Waals surface area contributed by atoms with Crippen LogP contribution in [0, 0.1) is 10.1 Å². The molecule has 0 unspecified atom stereocenters. The Balaban J connectivity index is 1.72. The number of rotatable bonds is 9. The molecule has 2 aromatic carbocycles. The number of hydrogen-bond acceptors (Lipinski definition) is 8. The molecule has 1 aliphatic rings. The van der Waals surface area contributed by atoms with Gasteiger partial charge in [-0.2, -0.15) is 0 Å². The fourth-order valence-corrected chi connectivity index (χ4v) is 5.31. The van der Waals surface area contributed by atoms with Gasteiger partial charge in [0.05, 0.1) is 26.3 Å². The molecule has 0 radical (unpaired) electrons. The number of hydrogen-bond donors (Lipinski definition) is 0. The van der Waals surface area contributed by atoms with Crippen LogP contribution in [-0.4, -0.2) is 41.0 Å². The molecule has 0 spiro atoms. The van der Waals surface area contributed by atoms with Crippen LogP contribution in [0.15, 0.2) is 41.6 Å². The predicted octanol–water partition coefficient (Wildman–Crippen LogP) is 5.68. The Morgan fingerprint density at radius 3 is 2.35 bits per heavy atom. The quantitative estimate of drug-likeness (QED) is 0.217. The Kier molecular flexibility index (Phi) is 7.56. The van der Waals surface area contributed by atoms with Crippen LogP contribution in [0.25, 0.3) is 11.4 Å². The summed E-state index contributed by atoms with van der Waals surface area (Å²) < 4.78 is 18.8. The van der Waals surface area contributed by atoms with Crippen LogP contribution in [0.5, 0.6) is 17.2 Å². The van der Waals surface area contributed by atoms with Crippen molar-refractivity contribution in [3.8, 4) is 28.6 Å². The first kappa shape index (κ1) is 23.9. The minimum absolute atomic E-state index is 0.0879. The van der Waals surface area contributed by atoms with E-state index in [1.807, 2.05) is 18.2 Å². The van der Waals surface area contributed by atoms with Crippen LogP contribution < -0.4 is 14.2 Å². The number of nitro groups is 1. The summed E-state index contributed by atoms with van der Waals surface area (Å²) in [5, 5.41) is 21.0. The van der Waals surface area contributed by atoms with Crippen LogP contribution in [0.2, 0.25) is 0 Å². The van der Waals surface area contributed by atoms with Gasteiger partial charge < -0.3 is 14.2 Å². The smallest absolute Gasteiger partial charge is 0.269 e. The molecule has 0 saturated heterocycles. The Morgan fingerprint density at radius 1 is 1.03 bits per heavy atom. The zero-order chi connectivity index (χ0) is 24.1. The Hall–Kier alpha value is -3.27. The third-order valence-corrected chi connectivity index (χ3v) is 7.03. The number of aromatic nitrogens is 3. The van der Waals surface area contributed by atoms with E-state index in [-0.39, 0.29) is 16.7 Å². The second kappa shape index (κ2) is 10.8. The average molecular weight is 485 g/mol. The van der Waals surface area contributed by atoms with Gasteiger partial charge in [0.2, 0.25) is 5.75 Å². The van der Waals surface area contributed by atoms with Crippen molar-refractivity contribution in [2.75, 3.05) is 21.3 Å². The monoisotopic (exact) mass is 484 g/mol. The molecule has 4 rings (SSSR count). The Bertz CT molecular complexity index is 1140. The van der Waals surface area contributed by atoms with E-state index in [1.54, 1.807) is 33.5 Å². The van der Waals surface area contributed by atoms with Crippen molar-refractivity contribution in [2.24, 2.45) is 0 Å². The summed E-state index contributed by atoms with van der Waals surface area (Å²) in [5.41, 5.74) is 1.78. The third kappa shape index (κ3) is 4.96. The number of thioether (sulfide) groups is 1. The van der Waals surface area contributed by atoms with Gasteiger partial charge in [0, 0.05) is 29.5 Å². The van der Waals surface area contributed by atoms with E-state index in [9.17, 15) is 10.1 Å². The summed E-state index contributed by atoms with van der Waals surface area (Å²) in [6.45, 7) is 0. The minimum Gasteiger partial charge on any atom is -0.493 e. The van der Waals surface area contributed by atoms with Crippen molar-refractivity contribution in [1.29, 1.82) is 0 Å². The fourth-order valence-electron chi connectivity index (χ4n) is 4.36. The molecule has 1 aliphatic carbocycles. The third-order valence-electron chi connectivity index (χ3n) is 6.02. The lowest BCUT2D eigenvalue weighted by atomic mass is 9.95. The molecular weight excluding hydrogens is 456 g/mol. The standard InChI is InChI=1S/C24H28N4O5S/c1-31-20-13-17(14-21(32-2)22(20)33-3)23-25-26-24(27(23)18-9-5-4-6-10-18)34-15-16-8-7-11-19(12-16)28(29)30/h7-8,11-14,18H,4-6,9-10,15H2,1-3H3. The van der Waals surface area contributed by atoms with Crippen LogP contribution in [0.4, 0.5) is 5.69 Å². The zero-order valence-corrected chi connectivity index (χ0v) is 20.3. The molecule has 1 saturated carbocycles. The van der Waals surface area contributed by atoms with Crippen molar-refractivity contribution in [2.45, 2.75) is 49.1 Å². The SMILES string of the molecule is COc1cc(-c2nnc(SCc3cccc([N+](=O)[O-])c3)n2C2CCCCC2)cc(OC)c1OC. The molecule has 180 valence electrons. The number of ether oxygens (including phenoxy) is 3. The van der Waals surface area contributed by atoms with Crippen molar-refractivity contribution >= 4 is 17.4 Å². The van der Waals surface area contributed by atoms with Crippen LogP contribution in [0.3, 0.4) is 0 Å². The molecule has 0 atom stereocenters. The molecule has 34 heavy (non-hydrogen) atoms. The molecule has 0 bridgehead atoms. The van der Waals surface area contributed by atoms with Crippen molar-refractivity contribution < 1.29 is 19.1 Å². The van der Waals surface area contributed by atoms with Gasteiger partial charge in [-0.15, -0.1) is 10.2 Å². The molecule has 0 N–H and O–H groups in total. The average Bonchev–Trinajstić information content (AvgIpc) is 3.31. The molecule has 0 aliphatic heterocycles. The molecule has 1 aromatic heterocycles. The lowest BCUT2D eigenvalue weighted by Gasteiger charge is -2.26. The van der Waals surface area contributed by atoms with E-state index < -0.39 is 0 Å². The van der Waals surface area contributed by atoms with Crippen LogP contribution in [0.1, 0.15) is 43.7 Å². The lowest BCUT2D eigenvalue weighted by molar-refractivity contribution is -0.384. The summed E-state index contributed by atoms with van der Waals surface area (Å²) >= 11 is 1.54. The number of non-ortho nitro benzene ring substituents is 1. The molecule has 0 amide bonds. The van der Waals surface area contributed by atoms with Gasteiger partial charge in [0.15, 0.2) is 22.5 Å². The maximum absolute atomic E-state index is 11.1. The first-order chi connectivity index (χ1) is 16.5. The number of benzene rings is 2. The molecule has 3 aromatic rings. The van der Waals surface area contributed by atoms with Crippen molar-refractivity contribution in [1.82, 2.24) is 14.8 Å². The van der Waals surface area contributed by atoms with E-state index >= 15 is 0 Å². The van der Waals surface area contributed by atoms with Gasteiger partial charge in [-0.3, -0.25) is 14.7 Å². The largest absolute Gasteiger partial charge is 0.493 e. The first-order valence-electron chi connectivity index (χ1n) is 11.2. The molecule has 1 heterocycles. The highest BCUT2D eigenvalue weighted by atomic mass is 32.2. The van der Waals surface area contributed by atoms with E-state index in [4.69, 9.17) is 14.2 Å². The summed E-state index contributed by atoms with van der Waals surface area (Å²) in [5.74, 6) is 2.94. The van der Waals surface area contributed by atoms with Crippen LogP contribution in [-0.2, 0) is 5.75 Å². The molecule has 10 heteroatoms. The number of methoxy groups -OCH3 is 3. The summed E-state index contributed by atoms with van der Waals surface area (Å²) in [6, 6.07) is 10.8. The summed E-state index contributed by atoms with van der Waals surface area (Å²) in [6.07, 6.45) is 5.66. The zero-order valence-electron chi connectivity index (χ0n) is 19.5. The maximum Gasteiger partial charge on any atom is 0.269 e. The predicted molar refractivity (Wildman–Crippen MR) is 130 cm³/mol. The van der Waals surface area contributed by atoms with Gasteiger partial charge in [-0.1, -0.05) is 43.2 Å². The Labute approximate surface area is 202 Å². The highest BCUT2D eigenvalue weighted by molar-refractivity contribution is 7.98. The highest BCUT2D eigenvalue weighted by Crippen LogP contribution is 2.43. The molecule has 9 nitrogen and oxygen atoms in total. The topological polar surface area (TPSA) is 102 Å². The van der Waals surface area contributed by atoms with E-state index in [1.165, 1.54) is 24.2 Å². The molecule has 1 fully saturated rings. The Morgan fingerprint density at radius 2 is 1.74 bits per heavy atom. The molecular formula is C24H28N4O5S. The first-order valence-corrected chi connectivity index (χ1v) is 12.2. The van der Waals surface area contributed by atoms with E-state index in [2.05, 4.69) is 14.8 Å². The van der Waals surface area contributed by atoms with Crippen molar-refractivity contribution in [3.05, 3.63) is 52.1 Å².